The summed E-state index contributed by atoms with van der Waals surface area (Å²) in [5.41, 5.74) is 0.769. The summed E-state index contributed by atoms with van der Waals surface area (Å²) in [7, 11) is -3.75. The van der Waals surface area contributed by atoms with Crippen molar-refractivity contribution in [3.63, 3.8) is 0 Å². The van der Waals surface area contributed by atoms with Crippen molar-refractivity contribution < 1.29 is 32.0 Å². The quantitative estimate of drug-likeness (QED) is 0.582. The van der Waals surface area contributed by atoms with E-state index < -0.39 is 51.4 Å². The number of rotatable bonds is 8. The molecular formula is C22H24N2O7S. The van der Waals surface area contributed by atoms with E-state index in [-0.39, 0.29) is 23.7 Å². The predicted octanol–water partition coefficient (Wildman–Crippen LogP) is 0.508. The van der Waals surface area contributed by atoms with Crippen LogP contribution in [0.5, 0.6) is 0 Å². The van der Waals surface area contributed by atoms with Crippen LogP contribution in [0.25, 0.3) is 0 Å². The van der Waals surface area contributed by atoms with Crippen LogP contribution in [0.3, 0.4) is 0 Å². The van der Waals surface area contributed by atoms with Crippen LogP contribution in [0.1, 0.15) is 22.3 Å². The van der Waals surface area contributed by atoms with Crippen LogP contribution in [-0.2, 0) is 29.9 Å². The Bertz CT molecular complexity index is 1080. The van der Waals surface area contributed by atoms with Gasteiger partial charge in [0, 0.05) is 5.92 Å². The topological polar surface area (TPSA) is 132 Å². The number of fused-ring (bicyclic) bond motifs is 1. The summed E-state index contributed by atoms with van der Waals surface area (Å²) in [6.45, 7) is 0.330. The first-order chi connectivity index (χ1) is 15.3. The van der Waals surface area contributed by atoms with Crippen LogP contribution in [0, 0.1) is 5.92 Å². The molecule has 0 radical (unpaired) electrons. The van der Waals surface area contributed by atoms with Crippen LogP contribution in [0.15, 0.2) is 53.3 Å². The summed E-state index contributed by atoms with van der Waals surface area (Å²) >= 11 is 0. The summed E-state index contributed by atoms with van der Waals surface area (Å²) < 4.78 is 36.3. The van der Waals surface area contributed by atoms with E-state index in [2.05, 4.69) is 10.6 Å². The summed E-state index contributed by atoms with van der Waals surface area (Å²) in [6.07, 6.45) is 2.24. The van der Waals surface area contributed by atoms with E-state index in [1.807, 2.05) is 0 Å². The molecule has 2 N–H and O–H groups in total. The van der Waals surface area contributed by atoms with Crippen molar-refractivity contribution in [3.8, 4) is 0 Å². The molecule has 1 aromatic heterocycles. The van der Waals surface area contributed by atoms with Gasteiger partial charge in [0.25, 0.3) is 5.91 Å². The number of carbonyl (C=O) groups is 3. The molecule has 2 fully saturated rings. The summed E-state index contributed by atoms with van der Waals surface area (Å²) in [6, 6.07) is 8.17. The van der Waals surface area contributed by atoms with Gasteiger partial charge in [-0.3, -0.25) is 14.4 Å². The van der Waals surface area contributed by atoms with E-state index in [1.165, 1.54) is 18.6 Å². The summed E-state index contributed by atoms with van der Waals surface area (Å²) in [5, 5.41) is 5.61. The van der Waals surface area contributed by atoms with Gasteiger partial charge in [-0.15, -0.1) is 0 Å². The largest absolute Gasteiger partial charge is 0.472 e. The zero-order chi connectivity index (χ0) is 22.7. The highest BCUT2D eigenvalue weighted by Gasteiger charge is 2.47. The third-order valence-corrected chi connectivity index (χ3v) is 7.37. The second-order valence-corrected chi connectivity index (χ2v) is 10.2. The second kappa shape index (κ2) is 9.35. The average Bonchev–Trinajstić information content (AvgIpc) is 3.43. The summed E-state index contributed by atoms with van der Waals surface area (Å²) in [5.74, 6) is -2.71. The number of benzene rings is 1. The Morgan fingerprint density at radius 1 is 1.19 bits per heavy atom. The fourth-order valence-corrected chi connectivity index (χ4v) is 5.79. The Morgan fingerprint density at radius 3 is 2.69 bits per heavy atom. The number of Topliss-reactive ketones (excluding diaryl/α,β-unsaturated/α-hetero) is 2. The van der Waals surface area contributed by atoms with Crippen LogP contribution in [-0.4, -0.2) is 63.0 Å². The van der Waals surface area contributed by atoms with Gasteiger partial charge in [-0.05, 0) is 24.6 Å². The molecule has 1 amide bonds. The van der Waals surface area contributed by atoms with E-state index >= 15 is 0 Å². The molecule has 0 spiro atoms. The standard InChI is InChI=1S/C22H24N2O7S/c25-18-11-31-21-16(6-8-23-19(18)21)20(26)17(24-22(27)15-7-9-30-10-15)13-32(28,29)12-14-4-2-1-3-5-14/h1-5,7,9-10,16-17,19,21,23H,6,8,11-13H2,(H,24,27). The molecule has 0 aliphatic carbocycles. The van der Waals surface area contributed by atoms with Crippen molar-refractivity contribution in [3.05, 3.63) is 60.1 Å². The molecule has 10 heteroatoms. The molecule has 2 aliphatic rings. The van der Waals surface area contributed by atoms with Crippen LogP contribution < -0.4 is 10.6 Å². The van der Waals surface area contributed by atoms with E-state index in [9.17, 15) is 22.8 Å². The SMILES string of the molecule is O=C(NC(CS(=O)(=O)Cc1ccccc1)C(=O)C1CCNC2C(=O)COC12)c1ccoc1. The first-order valence-electron chi connectivity index (χ1n) is 10.3. The Labute approximate surface area is 185 Å². The Morgan fingerprint density at radius 2 is 1.97 bits per heavy atom. The van der Waals surface area contributed by atoms with Gasteiger partial charge in [-0.1, -0.05) is 30.3 Å². The molecule has 2 saturated heterocycles. The molecule has 3 heterocycles. The highest BCUT2D eigenvalue weighted by atomic mass is 32.2. The maximum atomic E-state index is 13.5. The lowest BCUT2D eigenvalue weighted by atomic mass is 9.83. The van der Waals surface area contributed by atoms with Crippen molar-refractivity contribution in [2.24, 2.45) is 5.92 Å². The van der Waals surface area contributed by atoms with E-state index in [4.69, 9.17) is 9.15 Å². The fourth-order valence-electron chi connectivity index (χ4n) is 4.22. The van der Waals surface area contributed by atoms with Crippen molar-refractivity contribution >= 4 is 27.3 Å². The first-order valence-corrected chi connectivity index (χ1v) is 12.1. The number of furan rings is 1. The maximum absolute atomic E-state index is 13.5. The minimum Gasteiger partial charge on any atom is -0.472 e. The molecule has 32 heavy (non-hydrogen) atoms. The molecule has 4 rings (SSSR count). The van der Waals surface area contributed by atoms with Crippen LogP contribution in [0.2, 0.25) is 0 Å². The molecule has 9 nitrogen and oxygen atoms in total. The van der Waals surface area contributed by atoms with Gasteiger partial charge in [0.2, 0.25) is 0 Å². The Balaban J connectivity index is 1.56. The van der Waals surface area contributed by atoms with Gasteiger partial charge < -0.3 is 19.8 Å². The zero-order valence-corrected chi connectivity index (χ0v) is 18.0. The minimum absolute atomic E-state index is 0.0928. The molecular weight excluding hydrogens is 436 g/mol. The van der Waals surface area contributed by atoms with E-state index in [0.717, 1.165) is 0 Å². The van der Waals surface area contributed by atoms with Crippen molar-refractivity contribution in [2.75, 3.05) is 18.9 Å². The number of hydrogen-bond donors (Lipinski definition) is 2. The first kappa shape index (κ1) is 22.4. The van der Waals surface area contributed by atoms with Gasteiger partial charge >= 0.3 is 0 Å². The second-order valence-electron chi connectivity index (χ2n) is 8.05. The highest BCUT2D eigenvalue weighted by molar-refractivity contribution is 7.90. The van der Waals surface area contributed by atoms with Crippen molar-refractivity contribution in [1.29, 1.82) is 0 Å². The number of ether oxygens (including phenoxy) is 1. The van der Waals surface area contributed by atoms with Crippen molar-refractivity contribution in [2.45, 2.75) is 30.4 Å². The van der Waals surface area contributed by atoms with E-state index in [1.54, 1.807) is 30.3 Å². The van der Waals surface area contributed by atoms with Gasteiger partial charge in [-0.25, -0.2) is 8.42 Å². The third kappa shape index (κ3) is 4.98. The third-order valence-electron chi connectivity index (χ3n) is 5.76. The molecule has 4 atom stereocenters. The molecule has 1 aromatic carbocycles. The predicted molar refractivity (Wildman–Crippen MR) is 114 cm³/mol. The zero-order valence-electron chi connectivity index (χ0n) is 17.2. The Kier molecular flexibility index (Phi) is 6.54. The monoisotopic (exact) mass is 460 g/mol. The number of hydrogen-bond acceptors (Lipinski definition) is 8. The van der Waals surface area contributed by atoms with Gasteiger partial charge in [-0.2, -0.15) is 0 Å². The van der Waals surface area contributed by atoms with Crippen LogP contribution >= 0.6 is 0 Å². The smallest absolute Gasteiger partial charge is 0.255 e. The lowest BCUT2D eigenvalue weighted by Crippen LogP contribution is -2.57. The van der Waals surface area contributed by atoms with Gasteiger partial charge in [0.15, 0.2) is 21.4 Å². The fraction of sp³-hybridized carbons (Fsp3) is 0.409. The molecule has 170 valence electrons. The minimum atomic E-state index is -3.75. The highest BCUT2D eigenvalue weighted by Crippen LogP contribution is 2.27. The maximum Gasteiger partial charge on any atom is 0.255 e. The van der Waals surface area contributed by atoms with Gasteiger partial charge in [0.05, 0.1) is 35.5 Å². The van der Waals surface area contributed by atoms with Crippen LogP contribution in [0.4, 0.5) is 0 Å². The number of sulfone groups is 1. The number of piperidine rings is 1. The normalized spacial score (nSPS) is 24.0. The number of amides is 1. The molecule has 0 saturated carbocycles. The molecule has 0 bridgehead atoms. The lowest BCUT2D eigenvalue weighted by Gasteiger charge is -2.33. The average molecular weight is 461 g/mol. The van der Waals surface area contributed by atoms with E-state index in [0.29, 0.717) is 18.5 Å². The Hall–Kier alpha value is -2.82. The number of carbonyl (C=O) groups excluding carboxylic acids is 3. The van der Waals surface area contributed by atoms with Gasteiger partial charge in [0.1, 0.15) is 18.9 Å². The summed E-state index contributed by atoms with van der Waals surface area (Å²) in [4.78, 5) is 38.1. The molecule has 4 unspecified atom stereocenters. The molecule has 2 aliphatic heterocycles. The lowest BCUT2D eigenvalue weighted by molar-refractivity contribution is -0.130. The number of nitrogens with one attached hydrogen (secondary N) is 2. The van der Waals surface area contributed by atoms with Crippen molar-refractivity contribution in [1.82, 2.24) is 10.6 Å². The number of ketones is 2. The molecule has 2 aromatic rings.